The van der Waals surface area contributed by atoms with E-state index in [0.29, 0.717) is 6.42 Å². The number of carboxylic acid groups (broad SMARTS) is 1. The van der Waals surface area contributed by atoms with Gasteiger partial charge in [0.05, 0.1) is 0 Å². The van der Waals surface area contributed by atoms with Crippen LogP contribution >= 0.6 is 11.8 Å². The van der Waals surface area contributed by atoms with E-state index in [1.165, 1.54) is 12.1 Å². The SMILES string of the molecule is O=C(O)CCCCSCc1cccc(F)c1. The minimum Gasteiger partial charge on any atom is -0.481 e. The highest BCUT2D eigenvalue weighted by atomic mass is 32.2. The molecular formula is C12H15FO2S. The van der Waals surface area contributed by atoms with E-state index in [-0.39, 0.29) is 12.2 Å². The number of halogens is 1. The summed E-state index contributed by atoms with van der Waals surface area (Å²) in [5, 5.41) is 8.43. The number of hydrogen-bond donors (Lipinski definition) is 1. The van der Waals surface area contributed by atoms with Crippen LogP contribution in [0.3, 0.4) is 0 Å². The molecule has 1 rings (SSSR count). The van der Waals surface area contributed by atoms with Gasteiger partial charge in [-0.25, -0.2) is 4.39 Å². The zero-order chi connectivity index (χ0) is 11.8. The van der Waals surface area contributed by atoms with Crippen molar-refractivity contribution in [3.63, 3.8) is 0 Å². The molecule has 1 aromatic carbocycles. The van der Waals surface area contributed by atoms with Crippen molar-refractivity contribution in [2.24, 2.45) is 0 Å². The minimum atomic E-state index is -0.741. The number of thioether (sulfide) groups is 1. The fraction of sp³-hybridized carbons (Fsp3) is 0.417. The van der Waals surface area contributed by atoms with E-state index in [4.69, 9.17) is 5.11 Å². The normalized spacial score (nSPS) is 10.3. The zero-order valence-corrected chi connectivity index (χ0v) is 9.80. The average molecular weight is 242 g/mol. The molecule has 0 radical (unpaired) electrons. The summed E-state index contributed by atoms with van der Waals surface area (Å²) in [6.07, 6.45) is 1.85. The van der Waals surface area contributed by atoms with Gasteiger partial charge in [-0.3, -0.25) is 4.79 Å². The van der Waals surface area contributed by atoms with E-state index in [1.54, 1.807) is 17.8 Å². The highest BCUT2D eigenvalue weighted by molar-refractivity contribution is 7.98. The summed E-state index contributed by atoms with van der Waals surface area (Å²) in [6.45, 7) is 0. The second-order valence-electron chi connectivity index (χ2n) is 3.53. The molecule has 0 amide bonds. The lowest BCUT2D eigenvalue weighted by atomic mass is 10.2. The predicted molar refractivity (Wildman–Crippen MR) is 64.0 cm³/mol. The molecule has 88 valence electrons. The van der Waals surface area contributed by atoms with Gasteiger partial charge in [0.2, 0.25) is 0 Å². The maximum Gasteiger partial charge on any atom is 0.303 e. The smallest absolute Gasteiger partial charge is 0.303 e. The van der Waals surface area contributed by atoms with E-state index in [1.807, 2.05) is 6.07 Å². The number of benzene rings is 1. The Balaban J connectivity index is 2.09. The summed E-state index contributed by atoms with van der Waals surface area (Å²) in [6, 6.07) is 6.56. The number of hydrogen-bond acceptors (Lipinski definition) is 2. The molecule has 0 unspecified atom stereocenters. The Kier molecular flexibility index (Phi) is 5.93. The molecule has 1 N–H and O–H groups in total. The van der Waals surface area contributed by atoms with E-state index in [0.717, 1.165) is 23.5 Å². The topological polar surface area (TPSA) is 37.3 Å². The minimum absolute atomic E-state index is 0.205. The lowest BCUT2D eigenvalue weighted by molar-refractivity contribution is -0.137. The van der Waals surface area contributed by atoms with Gasteiger partial charge in [-0.1, -0.05) is 12.1 Å². The molecule has 0 bridgehead atoms. The quantitative estimate of drug-likeness (QED) is 0.745. The van der Waals surface area contributed by atoms with Gasteiger partial charge in [0, 0.05) is 12.2 Å². The molecule has 0 aliphatic heterocycles. The van der Waals surface area contributed by atoms with E-state index in [2.05, 4.69) is 0 Å². The van der Waals surface area contributed by atoms with Crippen LogP contribution in [0.15, 0.2) is 24.3 Å². The molecule has 16 heavy (non-hydrogen) atoms. The van der Waals surface area contributed by atoms with Crippen LogP contribution in [0.4, 0.5) is 4.39 Å². The molecule has 0 aromatic heterocycles. The fourth-order valence-corrected chi connectivity index (χ4v) is 2.26. The second-order valence-corrected chi connectivity index (χ2v) is 4.64. The van der Waals surface area contributed by atoms with Gasteiger partial charge < -0.3 is 5.11 Å². The molecule has 0 aliphatic carbocycles. The first-order chi connectivity index (χ1) is 7.68. The van der Waals surface area contributed by atoms with Crippen molar-refractivity contribution in [2.75, 3.05) is 5.75 Å². The van der Waals surface area contributed by atoms with Gasteiger partial charge in [-0.15, -0.1) is 0 Å². The summed E-state index contributed by atoms with van der Waals surface area (Å²) >= 11 is 1.71. The Labute approximate surface area is 98.9 Å². The first-order valence-corrected chi connectivity index (χ1v) is 6.38. The van der Waals surface area contributed by atoms with Crippen LogP contribution in [0.25, 0.3) is 0 Å². The van der Waals surface area contributed by atoms with Crippen molar-refractivity contribution in [1.29, 1.82) is 0 Å². The van der Waals surface area contributed by atoms with Crippen LogP contribution in [0.1, 0.15) is 24.8 Å². The largest absolute Gasteiger partial charge is 0.481 e. The first kappa shape index (κ1) is 13.0. The standard InChI is InChI=1S/C12H15FO2S/c13-11-5-3-4-10(8-11)9-16-7-2-1-6-12(14)15/h3-5,8H,1-2,6-7,9H2,(H,14,15). The Morgan fingerprint density at radius 1 is 1.38 bits per heavy atom. The second kappa shape index (κ2) is 7.28. The molecule has 4 heteroatoms. The lowest BCUT2D eigenvalue weighted by Crippen LogP contribution is -1.94. The Morgan fingerprint density at radius 2 is 2.19 bits per heavy atom. The summed E-state index contributed by atoms with van der Waals surface area (Å²) in [5.41, 5.74) is 0.975. The van der Waals surface area contributed by atoms with Crippen LogP contribution in [-0.4, -0.2) is 16.8 Å². The van der Waals surface area contributed by atoms with Crippen molar-refractivity contribution in [1.82, 2.24) is 0 Å². The summed E-state index contributed by atoms with van der Waals surface area (Å²) in [5.74, 6) is 0.758. The molecule has 0 fully saturated rings. The monoisotopic (exact) mass is 242 g/mol. The van der Waals surface area contributed by atoms with Crippen LogP contribution in [0.5, 0.6) is 0 Å². The molecule has 0 atom stereocenters. The third-order valence-electron chi connectivity index (χ3n) is 2.09. The predicted octanol–water partition coefficient (Wildman–Crippen LogP) is 3.31. The molecule has 2 nitrogen and oxygen atoms in total. The fourth-order valence-electron chi connectivity index (χ4n) is 1.30. The van der Waals surface area contributed by atoms with Gasteiger partial charge in [-0.05, 0) is 36.3 Å². The molecule has 0 saturated carbocycles. The van der Waals surface area contributed by atoms with Gasteiger partial charge >= 0.3 is 5.97 Å². The van der Waals surface area contributed by atoms with Crippen molar-refractivity contribution < 1.29 is 14.3 Å². The number of unbranched alkanes of at least 4 members (excludes halogenated alkanes) is 1. The third kappa shape index (κ3) is 5.75. The van der Waals surface area contributed by atoms with Crippen LogP contribution < -0.4 is 0 Å². The Hall–Kier alpha value is -1.03. The number of aliphatic carboxylic acids is 1. The van der Waals surface area contributed by atoms with Gasteiger partial charge in [-0.2, -0.15) is 11.8 Å². The number of rotatable bonds is 7. The molecule has 1 aromatic rings. The van der Waals surface area contributed by atoms with Gasteiger partial charge in [0.25, 0.3) is 0 Å². The van der Waals surface area contributed by atoms with E-state index in [9.17, 15) is 9.18 Å². The molecule has 0 saturated heterocycles. The van der Waals surface area contributed by atoms with Crippen molar-refractivity contribution in [2.45, 2.75) is 25.0 Å². The van der Waals surface area contributed by atoms with Crippen molar-refractivity contribution in [3.8, 4) is 0 Å². The van der Waals surface area contributed by atoms with Crippen molar-refractivity contribution in [3.05, 3.63) is 35.6 Å². The van der Waals surface area contributed by atoms with E-state index >= 15 is 0 Å². The van der Waals surface area contributed by atoms with Gasteiger partial charge in [0.1, 0.15) is 5.82 Å². The number of carbonyl (C=O) groups is 1. The average Bonchev–Trinajstić information content (AvgIpc) is 2.23. The third-order valence-corrected chi connectivity index (χ3v) is 3.20. The molecule has 0 aliphatic rings. The number of carboxylic acids is 1. The van der Waals surface area contributed by atoms with Crippen LogP contribution in [-0.2, 0) is 10.5 Å². The van der Waals surface area contributed by atoms with Crippen LogP contribution in [0, 0.1) is 5.82 Å². The zero-order valence-electron chi connectivity index (χ0n) is 8.99. The van der Waals surface area contributed by atoms with Crippen molar-refractivity contribution >= 4 is 17.7 Å². The van der Waals surface area contributed by atoms with E-state index < -0.39 is 5.97 Å². The maximum atomic E-state index is 12.8. The Bertz CT molecular complexity index is 342. The Morgan fingerprint density at radius 3 is 2.88 bits per heavy atom. The first-order valence-electron chi connectivity index (χ1n) is 5.22. The maximum absolute atomic E-state index is 12.8. The lowest BCUT2D eigenvalue weighted by Gasteiger charge is -2.01. The summed E-state index contributed by atoms with van der Waals surface area (Å²) in [7, 11) is 0. The molecular weight excluding hydrogens is 227 g/mol. The molecule has 0 spiro atoms. The summed E-state index contributed by atoms with van der Waals surface area (Å²) in [4.78, 5) is 10.2. The highest BCUT2D eigenvalue weighted by Gasteiger charge is 1.98. The van der Waals surface area contributed by atoms with Gasteiger partial charge in [0.15, 0.2) is 0 Å². The van der Waals surface area contributed by atoms with Crippen LogP contribution in [0.2, 0.25) is 0 Å². The summed E-state index contributed by atoms with van der Waals surface area (Å²) < 4.78 is 12.8. The molecule has 0 heterocycles. The highest BCUT2D eigenvalue weighted by Crippen LogP contribution is 2.15.